The van der Waals surface area contributed by atoms with Crippen LogP contribution in [0.25, 0.3) is 0 Å². The van der Waals surface area contributed by atoms with Gasteiger partial charge in [0.2, 0.25) is 11.8 Å². The Morgan fingerprint density at radius 1 is 1.02 bits per heavy atom. The number of methoxy groups -OCH3 is 1. The van der Waals surface area contributed by atoms with Gasteiger partial charge in [-0.25, -0.2) is 8.42 Å². The molecule has 2 rings (SSSR count). The van der Waals surface area contributed by atoms with Gasteiger partial charge in [0, 0.05) is 26.6 Å². The minimum atomic E-state index is -3.57. The number of rotatable bonds is 17. The summed E-state index contributed by atoms with van der Waals surface area (Å²) in [5.74, 6) is -1.62. The van der Waals surface area contributed by atoms with Gasteiger partial charge in [-0.3, -0.25) is 9.59 Å². The Balaban J connectivity index is 0.00000800. The van der Waals surface area contributed by atoms with Gasteiger partial charge in [-0.05, 0) is 42.0 Å². The van der Waals surface area contributed by atoms with Gasteiger partial charge in [-0.1, -0.05) is 56.3 Å². The molecule has 2 amide bonds. The Bertz CT molecular complexity index is 1150. The molecule has 0 bridgehead atoms. The topological polar surface area (TPSA) is 134 Å². The summed E-state index contributed by atoms with van der Waals surface area (Å²) in [4.78, 5) is 25.5. The second-order valence-corrected chi connectivity index (χ2v) is 12.5. The molecule has 0 fully saturated rings. The monoisotopic (exact) mass is 597 g/mol. The number of aliphatic hydroxyl groups is 1. The van der Waals surface area contributed by atoms with Crippen LogP contribution in [0, 0.1) is 11.8 Å². The van der Waals surface area contributed by atoms with E-state index in [1.807, 2.05) is 68.4 Å². The largest absolute Gasteiger partial charge is 0.497 e. The Labute approximate surface area is 244 Å². The highest BCUT2D eigenvalue weighted by Crippen LogP contribution is 2.15. The van der Waals surface area contributed by atoms with E-state index < -0.39 is 45.5 Å². The number of hydrogen-bond donors (Lipinski definition) is 4. The van der Waals surface area contributed by atoms with E-state index in [4.69, 9.17) is 4.74 Å². The van der Waals surface area contributed by atoms with Gasteiger partial charge < -0.3 is 25.8 Å². The lowest BCUT2D eigenvalue weighted by Crippen LogP contribution is -2.51. The number of carbonyl (C=O) groups excluding carboxylic acids is 2. The van der Waals surface area contributed by atoms with E-state index in [1.54, 1.807) is 7.11 Å². The molecular weight excluding hydrogens is 554 g/mol. The van der Waals surface area contributed by atoms with Crippen molar-refractivity contribution >= 4 is 34.1 Å². The predicted molar refractivity (Wildman–Crippen MR) is 160 cm³/mol. The number of amides is 2. The molecule has 0 spiro atoms. The summed E-state index contributed by atoms with van der Waals surface area (Å²) >= 11 is 0. The number of aliphatic hydroxyl groups excluding tert-OH is 1. The van der Waals surface area contributed by atoms with E-state index in [1.165, 1.54) is 7.05 Å². The molecule has 4 N–H and O–H groups in total. The molecule has 0 aliphatic rings. The predicted octanol–water partition coefficient (Wildman–Crippen LogP) is 2.51. The van der Waals surface area contributed by atoms with Crippen LogP contribution in [0.4, 0.5) is 0 Å². The molecule has 224 valence electrons. The minimum absolute atomic E-state index is 0. The molecule has 40 heavy (non-hydrogen) atoms. The number of benzene rings is 2. The lowest BCUT2D eigenvalue weighted by Gasteiger charge is -2.27. The molecule has 0 aliphatic heterocycles. The van der Waals surface area contributed by atoms with Crippen LogP contribution in [0.15, 0.2) is 54.6 Å². The third-order valence-electron chi connectivity index (χ3n) is 6.45. The summed E-state index contributed by atoms with van der Waals surface area (Å²) in [6.07, 6.45) is -0.421. The summed E-state index contributed by atoms with van der Waals surface area (Å²) in [6, 6.07) is 16.3. The fourth-order valence-corrected chi connectivity index (χ4v) is 5.98. The number of carbonyl (C=O) groups is 2. The Morgan fingerprint density at radius 2 is 1.70 bits per heavy atom. The SMILES string of the molecule is CNC(=O)CC(CS(=O)(=O)CCC(C)C)C(=O)N[C@@H](Cc1ccccc1)[C@H](O)CNCc1cccc(OC)c1.Cl. The van der Waals surface area contributed by atoms with Crippen LogP contribution in [0.2, 0.25) is 0 Å². The molecular formula is C29H44ClN3O6S. The molecule has 11 heteroatoms. The first-order valence-electron chi connectivity index (χ1n) is 13.3. The maximum atomic E-state index is 13.4. The van der Waals surface area contributed by atoms with Crippen LogP contribution in [0.3, 0.4) is 0 Å². The minimum Gasteiger partial charge on any atom is -0.497 e. The summed E-state index contributed by atoms with van der Waals surface area (Å²) < 4.78 is 30.8. The summed E-state index contributed by atoms with van der Waals surface area (Å²) in [5, 5.41) is 19.6. The molecule has 3 atom stereocenters. The van der Waals surface area contributed by atoms with Gasteiger partial charge in [0.1, 0.15) is 5.75 Å². The zero-order valence-electron chi connectivity index (χ0n) is 23.8. The third-order valence-corrected chi connectivity index (χ3v) is 8.22. The van der Waals surface area contributed by atoms with Gasteiger partial charge in [0.05, 0.1) is 36.7 Å². The fraction of sp³-hybridized carbons (Fsp3) is 0.517. The maximum absolute atomic E-state index is 13.4. The first kappa shape index (κ1) is 35.4. The molecule has 0 aromatic heterocycles. The maximum Gasteiger partial charge on any atom is 0.224 e. The first-order chi connectivity index (χ1) is 18.5. The second kappa shape index (κ2) is 17.9. The van der Waals surface area contributed by atoms with Gasteiger partial charge >= 0.3 is 0 Å². The molecule has 0 saturated heterocycles. The van der Waals surface area contributed by atoms with Crippen molar-refractivity contribution in [2.24, 2.45) is 11.8 Å². The highest BCUT2D eigenvalue weighted by molar-refractivity contribution is 7.91. The van der Waals surface area contributed by atoms with Crippen molar-refractivity contribution in [2.75, 3.05) is 32.2 Å². The number of sulfone groups is 1. The summed E-state index contributed by atoms with van der Waals surface area (Å²) in [6.45, 7) is 4.53. The Morgan fingerprint density at radius 3 is 2.33 bits per heavy atom. The quantitative estimate of drug-likeness (QED) is 0.220. The van der Waals surface area contributed by atoms with E-state index in [0.717, 1.165) is 16.9 Å². The van der Waals surface area contributed by atoms with E-state index in [2.05, 4.69) is 16.0 Å². The number of nitrogens with one attached hydrogen (secondary N) is 3. The average Bonchev–Trinajstić information content (AvgIpc) is 2.91. The molecule has 9 nitrogen and oxygen atoms in total. The van der Waals surface area contributed by atoms with Crippen LogP contribution in [-0.2, 0) is 32.4 Å². The van der Waals surface area contributed by atoms with Crippen molar-refractivity contribution in [1.82, 2.24) is 16.0 Å². The lowest BCUT2D eigenvalue weighted by molar-refractivity contribution is -0.130. The second-order valence-electron chi connectivity index (χ2n) is 10.2. The smallest absolute Gasteiger partial charge is 0.224 e. The van der Waals surface area contributed by atoms with Gasteiger partial charge in [0.25, 0.3) is 0 Å². The fourth-order valence-electron chi connectivity index (χ4n) is 4.10. The van der Waals surface area contributed by atoms with Crippen LogP contribution in [-0.4, -0.2) is 69.7 Å². The molecule has 1 unspecified atom stereocenters. The van der Waals surface area contributed by atoms with E-state index in [9.17, 15) is 23.1 Å². The summed E-state index contributed by atoms with van der Waals surface area (Å²) in [7, 11) is -0.524. The van der Waals surface area contributed by atoms with E-state index in [0.29, 0.717) is 19.4 Å². The number of ether oxygens (including phenoxy) is 1. The van der Waals surface area contributed by atoms with Gasteiger partial charge in [-0.15, -0.1) is 12.4 Å². The van der Waals surface area contributed by atoms with Crippen LogP contribution in [0.5, 0.6) is 5.75 Å². The highest BCUT2D eigenvalue weighted by atomic mass is 35.5. The van der Waals surface area contributed by atoms with Crippen LogP contribution in [0.1, 0.15) is 37.8 Å². The molecule has 0 aliphatic carbocycles. The molecule has 2 aromatic rings. The number of halogens is 1. The van der Waals surface area contributed by atoms with Crippen LogP contribution < -0.4 is 20.7 Å². The van der Waals surface area contributed by atoms with Crippen molar-refractivity contribution in [3.8, 4) is 5.75 Å². The van der Waals surface area contributed by atoms with Crippen molar-refractivity contribution in [2.45, 2.75) is 51.8 Å². The van der Waals surface area contributed by atoms with Crippen molar-refractivity contribution in [1.29, 1.82) is 0 Å². The standard InChI is InChI=1S/C29H43N3O6S.ClH/c1-21(2)13-14-39(36,37)20-24(17-28(34)30-3)29(35)32-26(16-22-9-6-5-7-10-22)27(33)19-31-18-23-11-8-12-25(15-23)38-4;/h5-12,15,21,24,26-27,31,33H,13-14,16-20H2,1-4H3,(H,30,34)(H,32,35);1H/t24?,26-,27+;/m0./s1. The third kappa shape index (κ3) is 13.1. The average molecular weight is 598 g/mol. The molecule has 0 heterocycles. The Kier molecular flexibility index (Phi) is 15.8. The summed E-state index contributed by atoms with van der Waals surface area (Å²) in [5.41, 5.74) is 1.88. The van der Waals surface area contributed by atoms with Gasteiger partial charge in [0.15, 0.2) is 9.84 Å². The molecule has 0 radical (unpaired) electrons. The molecule has 0 saturated carbocycles. The van der Waals surface area contributed by atoms with E-state index >= 15 is 0 Å². The van der Waals surface area contributed by atoms with Crippen molar-refractivity contribution < 1.29 is 27.9 Å². The highest BCUT2D eigenvalue weighted by Gasteiger charge is 2.31. The van der Waals surface area contributed by atoms with Gasteiger partial charge in [-0.2, -0.15) is 0 Å². The number of hydrogen-bond acceptors (Lipinski definition) is 7. The zero-order valence-corrected chi connectivity index (χ0v) is 25.4. The van der Waals surface area contributed by atoms with Crippen molar-refractivity contribution in [3.05, 3.63) is 65.7 Å². The zero-order chi connectivity index (χ0) is 28.8. The van der Waals surface area contributed by atoms with E-state index in [-0.39, 0.29) is 37.0 Å². The molecule has 2 aromatic carbocycles. The normalized spacial score (nSPS) is 13.6. The van der Waals surface area contributed by atoms with Crippen molar-refractivity contribution in [3.63, 3.8) is 0 Å². The Hall–Kier alpha value is -2.66. The first-order valence-corrected chi connectivity index (χ1v) is 15.1. The van der Waals surface area contributed by atoms with Crippen LogP contribution >= 0.6 is 12.4 Å². The lowest BCUT2D eigenvalue weighted by atomic mass is 9.99.